The highest BCUT2D eigenvalue weighted by atomic mass is 32.2. The molecule has 0 unspecified atom stereocenters. The molecule has 5 N–H and O–H groups in total. The summed E-state index contributed by atoms with van der Waals surface area (Å²) in [5.74, 6) is -0.300. The highest BCUT2D eigenvalue weighted by molar-refractivity contribution is 7.91. The number of nitrogens with one attached hydrogen (secondary N) is 3. The number of pyridine rings is 1. The zero-order valence-electron chi connectivity index (χ0n) is 17.3. The lowest BCUT2D eigenvalue weighted by Gasteiger charge is -2.28. The molecule has 32 heavy (non-hydrogen) atoms. The van der Waals surface area contributed by atoms with Gasteiger partial charge in [0.1, 0.15) is 12.4 Å². The molecule has 0 fully saturated rings. The van der Waals surface area contributed by atoms with Crippen molar-refractivity contribution >= 4 is 38.5 Å². The molecular formula is C21H21N5O5S. The van der Waals surface area contributed by atoms with Crippen molar-refractivity contribution in [1.82, 2.24) is 10.3 Å². The zero-order chi connectivity index (χ0) is 23.1. The van der Waals surface area contributed by atoms with E-state index in [2.05, 4.69) is 19.4 Å². The number of carbonyl (C=O) groups excluding carboxylic acids is 1. The van der Waals surface area contributed by atoms with Crippen LogP contribution in [0.15, 0.2) is 57.7 Å². The molecule has 1 aliphatic heterocycles. The predicted molar refractivity (Wildman–Crippen MR) is 121 cm³/mol. The van der Waals surface area contributed by atoms with Crippen molar-refractivity contribution in [3.05, 3.63) is 70.0 Å². The van der Waals surface area contributed by atoms with Crippen LogP contribution in [0, 0.1) is 0 Å². The van der Waals surface area contributed by atoms with Crippen LogP contribution in [0.5, 0.6) is 5.75 Å². The summed E-state index contributed by atoms with van der Waals surface area (Å²) in [4.78, 5) is 27.6. The molecule has 0 bridgehead atoms. The molecule has 0 aliphatic carbocycles. The molecular weight excluding hydrogens is 434 g/mol. The number of para-hydroxylation sites is 1. The second-order valence-electron chi connectivity index (χ2n) is 7.95. The monoisotopic (exact) mass is 455 g/mol. The summed E-state index contributed by atoms with van der Waals surface area (Å²) >= 11 is 0. The number of H-pyrrole nitrogens is 1. The van der Waals surface area contributed by atoms with Gasteiger partial charge in [0.25, 0.3) is 5.91 Å². The highest BCUT2D eigenvalue weighted by Crippen LogP contribution is 2.31. The quantitative estimate of drug-likeness (QED) is 0.457. The maximum atomic E-state index is 13.0. The van der Waals surface area contributed by atoms with E-state index in [-0.39, 0.29) is 29.3 Å². The summed E-state index contributed by atoms with van der Waals surface area (Å²) < 4.78 is 35.1. The standard InChI is InChI=1S/C21H21N5O5S/c1-21(2,24-20(28)13-10-17(27)23-14-7-4-3-6-12(13)14)11-31-16-9-5-8-15-18(16)19(22)26-32(29,30)25-15/h3-10,25H,11H2,1-2H3,(H2,22,26)(H,23,27)(H,24,28). The van der Waals surface area contributed by atoms with Crippen molar-refractivity contribution in [3.63, 3.8) is 0 Å². The number of hydrogen-bond donors (Lipinski definition) is 4. The summed E-state index contributed by atoms with van der Waals surface area (Å²) in [7, 11) is -3.90. The number of amides is 1. The normalized spacial score (nSPS) is 14.8. The molecule has 2 aromatic carbocycles. The van der Waals surface area contributed by atoms with Gasteiger partial charge >= 0.3 is 10.2 Å². The molecule has 0 spiro atoms. The van der Waals surface area contributed by atoms with Gasteiger partial charge in [0, 0.05) is 17.0 Å². The third kappa shape index (κ3) is 4.28. The Morgan fingerprint density at radius 3 is 2.72 bits per heavy atom. The lowest BCUT2D eigenvalue weighted by atomic mass is 10.0. The number of nitrogens with zero attached hydrogens (tertiary/aromatic N) is 1. The maximum Gasteiger partial charge on any atom is 0.344 e. The van der Waals surface area contributed by atoms with Crippen molar-refractivity contribution in [2.24, 2.45) is 10.1 Å². The van der Waals surface area contributed by atoms with E-state index in [9.17, 15) is 18.0 Å². The van der Waals surface area contributed by atoms with E-state index >= 15 is 0 Å². The van der Waals surface area contributed by atoms with E-state index in [4.69, 9.17) is 10.5 Å². The number of anilines is 1. The number of hydrogen-bond acceptors (Lipinski definition) is 6. The van der Waals surface area contributed by atoms with Gasteiger partial charge in [-0.1, -0.05) is 24.3 Å². The Hall–Kier alpha value is -3.86. The number of benzene rings is 2. The Balaban J connectivity index is 1.55. The van der Waals surface area contributed by atoms with Crippen molar-refractivity contribution in [1.29, 1.82) is 0 Å². The topological polar surface area (TPSA) is 156 Å². The van der Waals surface area contributed by atoms with Crippen LogP contribution in [-0.2, 0) is 10.2 Å². The Morgan fingerprint density at radius 2 is 1.94 bits per heavy atom. The van der Waals surface area contributed by atoms with E-state index < -0.39 is 21.7 Å². The molecule has 166 valence electrons. The molecule has 1 aliphatic rings. The fourth-order valence-corrected chi connectivity index (χ4v) is 4.24. The number of fused-ring (bicyclic) bond motifs is 2. The van der Waals surface area contributed by atoms with E-state index in [1.165, 1.54) is 6.07 Å². The van der Waals surface area contributed by atoms with Gasteiger partial charge in [0.15, 0.2) is 5.84 Å². The van der Waals surface area contributed by atoms with Gasteiger partial charge < -0.3 is 20.8 Å². The highest BCUT2D eigenvalue weighted by Gasteiger charge is 2.27. The minimum absolute atomic E-state index is 0.0380. The molecule has 0 radical (unpaired) electrons. The van der Waals surface area contributed by atoms with Crippen LogP contribution in [0.1, 0.15) is 29.8 Å². The number of ether oxygens (including phenoxy) is 1. The van der Waals surface area contributed by atoms with Gasteiger partial charge in [0.2, 0.25) is 5.56 Å². The van der Waals surface area contributed by atoms with Crippen LogP contribution in [0.4, 0.5) is 5.69 Å². The molecule has 3 aromatic rings. The Bertz CT molecular complexity index is 1430. The minimum Gasteiger partial charge on any atom is -0.490 e. The zero-order valence-corrected chi connectivity index (χ0v) is 18.1. The van der Waals surface area contributed by atoms with Crippen LogP contribution in [0.2, 0.25) is 0 Å². The van der Waals surface area contributed by atoms with Crippen molar-refractivity contribution < 1.29 is 17.9 Å². The molecule has 1 amide bonds. The van der Waals surface area contributed by atoms with Gasteiger partial charge in [-0.2, -0.15) is 8.42 Å². The first-order chi connectivity index (χ1) is 15.0. The van der Waals surface area contributed by atoms with E-state index in [1.807, 2.05) is 0 Å². The Labute approximate surface area is 183 Å². The molecule has 11 heteroatoms. The third-order valence-corrected chi connectivity index (χ3v) is 5.69. The van der Waals surface area contributed by atoms with Crippen LogP contribution >= 0.6 is 0 Å². The first kappa shape index (κ1) is 21.4. The van der Waals surface area contributed by atoms with Crippen LogP contribution < -0.4 is 26.1 Å². The molecule has 1 aromatic heterocycles. The van der Waals surface area contributed by atoms with Crippen LogP contribution in [0.3, 0.4) is 0 Å². The molecule has 0 saturated carbocycles. The average molecular weight is 455 g/mol. The second-order valence-corrected chi connectivity index (χ2v) is 9.29. The molecule has 0 saturated heterocycles. The second kappa shape index (κ2) is 7.68. The molecule has 2 heterocycles. The fourth-order valence-electron chi connectivity index (χ4n) is 3.40. The molecule has 10 nitrogen and oxygen atoms in total. The summed E-state index contributed by atoms with van der Waals surface area (Å²) in [5, 5.41) is 3.50. The number of aromatic amines is 1. The Kier molecular flexibility index (Phi) is 5.13. The largest absolute Gasteiger partial charge is 0.490 e. The van der Waals surface area contributed by atoms with Gasteiger partial charge in [-0.15, -0.1) is 4.40 Å². The van der Waals surface area contributed by atoms with Gasteiger partial charge in [-0.05, 0) is 32.0 Å². The van der Waals surface area contributed by atoms with Gasteiger partial charge in [0.05, 0.1) is 22.4 Å². The smallest absolute Gasteiger partial charge is 0.344 e. The summed E-state index contributed by atoms with van der Waals surface area (Å²) in [5.41, 5.74) is 6.01. The number of rotatable bonds is 5. The first-order valence-electron chi connectivity index (χ1n) is 9.64. The van der Waals surface area contributed by atoms with Gasteiger partial charge in [-0.25, -0.2) is 0 Å². The van der Waals surface area contributed by atoms with E-state index in [0.29, 0.717) is 22.2 Å². The number of carbonyl (C=O) groups is 1. The molecule has 4 rings (SSSR count). The predicted octanol–water partition coefficient (Wildman–Crippen LogP) is 1.49. The third-order valence-electron chi connectivity index (χ3n) is 4.78. The van der Waals surface area contributed by atoms with Gasteiger partial charge in [-0.3, -0.25) is 14.3 Å². The van der Waals surface area contributed by atoms with Crippen molar-refractivity contribution in [2.75, 3.05) is 11.3 Å². The first-order valence-corrected chi connectivity index (χ1v) is 11.1. The van der Waals surface area contributed by atoms with Crippen LogP contribution in [-0.4, -0.2) is 37.3 Å². The fraction of sp³-hybridized carbons (Fsp3) is 0.190. The van der Waals surface area contributed by atoms with Crippen molar-refractivity contribution in [2.45, 2.75) is 19.4 Å². The lowest BCUT2D eigenvalue weighted by Crippen LogP contribution is -2.48. The van der Waals surface area contributed by atoms with Crippen molar-refractivity contribution in [3.8, 4) is 5.75 Å². The summed E-state index contributed by atoms with van der Waals surface area (Å²) in [6.45, 7) is 3.56. The number of amidine groups is 1. The van der Waals surface area contributed by atoms with E-state index in [1.54, 1.807) is 56.3 Å². The maximum absolute atomic E-state index is 13.0. The average Bonchev–Trinajstić information content (AvgIpc) is 2.70. The number of aromatic nitrogens is 1. The lowest BCUT2D eigenvalue weighted by molar-refractivity contribution is 0.0882. The SMILES string of the molecule is CC(C)(COc1cccc2c1C(N)=NS(=O)(=O)N2)NC(=O)c1cc(=O)[nH]c2ccccc12. The summed E-state index contributed by atoms with van der Waals surface area (Å²) in [6.07, 6.45) is 0. The Morgan fingerprint density at radius 1 is 1.19 bits per heavy atom. The minimum atomic E-state index is -3.90. The summed E-state index contributed by atoms with van der Waals surface area (Å²) in [6, 6.07) is 13.1. The van der Waals surface area contributed by atoms with Crippen LogP contribution in [0.25, 0.3) is 10.9 Å². The molecule has 0 atom stereocenters. The number of nitrogens with two attached hydrogens (primary N) is 1. The van der Waals surface area contributed by atoms with E-state index in [0.717, 1.165) is 0 Å².